The summed E-state index contributed by atoms with van der Waals surface area (Å²) in [6.45, 7) is 7.86. The Kier molecular flexibility index (Phi) is 3.78. The van der Waals surface area contributed by atoms with Gasteiger partial charge in [0.2, 0.25) is 0 Å². The predicted molar refractivity (Wildman–Crippen MR) is 68.4 cm³/mol. The Bertz CT molecular complexity index is 383. The number of rotatable bonds is 4. The smallest absolute Gasteiger partial charge is 0.134 e. The summed E-state index contributed by atoms with van der Waals surface area (Å²) in [4.78, 5) is 8.53. The van der Waals surface area contributed by atoms with Crippen molar-refractivity contribution in [2.45, 2.75) is 39.3 Å². The van der Waals surface area contributed by atoms with Crippen LogP contribution in [-0.4, -0.2) is 35.3 Å². The third kappa shape index (κ3) is 2.66. The number of hydrogen-bond acceptors (Lipinski definition) is 5. The van der Waals surface area contributed by atoms with Crippen LogP contribution in [0.15, 0.2) is 6.33 Å². The van der Waals surface area contributed by atoms with Crippen molar-refractivity contribution in [1.29, 1.82) is 0 Å². The fraction of sp³-hybridized carbons (Fsp3) is 0.667. The van der Waals surface area contributed by atoms with Crippen LogP contribution < -0.4 is 10.6 Å². The van der Waals surface area contributed by atoms with E-state index in [1.165, 1.54) is 0 Å². The van der Waals surface area contributed by atoms with E-state index in [1.807, 2.05) is 6.92 Å². The zero-order valence-electron chi connectivity index (χ0n) is 10.7. The van der Waals surface area contributed by atoms with Gasteiger partial charge < -0.3 is 15.4 Å². The summed E-state index contributed by atoms with van der Waals surface area (Å²) in [6.07, 6.45) is 2.86. The van der Waals surface area contributed by atoms with Crippen LogP contribution in [0.25, 0.3) is 0 Å². The average Bonchev–Trinajstić information content (AvgIpc) is 2.70. The third-order valence-electron chi connectivity index (χ3n) is 3.13. The summed E-state index contributed by atoms with van der Waals surface area (Å²) in [5, 5.41) is 6.67. The maximum absolute atomic E-state index is 5.53. The fourth-order valence-corrected chi connectivity index (χ4v) is 2.04. The second-order valence-electron chi connectivity index (χ2n) is 4.34. The maximum Gasteiger partial charge on any atom is 0.134 e. The summed E-state index contributed by atoms with van der Waals surface area (Å²) in [5.74, 6) is 1.80. The minimum atomic E-state index is 0.243. The van der Waals surface area contributed by atoms with E-state index in [1.54, 1.807) is 6.33 Å². The van der Waals surface area contributed by atoms with E-state index < -0.39 is 0 Å². The highest BCUT2D eigenvalue weighted by atomic mass is 16.5. The fourth-order valence-electron chi connectivity index (χ4n) is 2.04. The summed E-state index contributed by atoms with van der Waals surface area (Å²) in [7, 11) is 0. The normalized spacial score (nSPS) is 23.7. The number of nitrogens with zero attached hydrogens (tertiary/aromatic N) is 2. The molecule has 0 saturated carbocycles. The molecule has 0 bridgehead atoms. The van der Waals surface area contributed by atoms with E-state index in [0.29, 0.717) is 6.04 Å². The lowest BCUT2D eigenvalue weighted by atomic mass is 10.1. The summed E-state index contributed by atoms with van der Waals surface area (Å²) >= 11 is 0. The standard InChI is InChI=1S/C12H20N4O/c1-4-13-11-8(2)12(15-7-14-11)16-10-5-6-17-9(10)3/h7,9-10H,4-6H2,1-3H3,(H2,13,14,15,16). The van der Waals surface area contributed by atoms with Crippen molar-refractivity contribution in [3.8, 4) is 0 Å². The summed E-state index contributed by atoms with van der Waals surface area (Å²) in [5.41, 5.74) is 1.06. The van der Waals surface area contributed by atoms with Crippen LogP contribution in [0.1, 0.15) is 25.8 Å². The van der Waals surface area contributed by atoms with Gasteiger partial charge in [-0.15, -0.1) is 0 Å². The van der Waals surface area contributed by atoms with E-state index >= 15 is 0 Å². The first-order chi connectivity index (χ1) is 8.22. The van der Waals surface area contributed by atoms with E-state index in [4.69, 9.17) is 4.74 Å². The van der Waals surface area contributed by atoms with Crippen molar-refractivity contribution in [3.63, 3.8) is 0 Å². The van der Waals surface area contributed by atoms with Crippen LogP contribution >= 0.6 is 0 Å². The molecule has 1 aromatic heterocycles. The van der Waals surface area contributed by atoms with Crippen LogP contribution in [0.2, 0.25) is 0 Å². The number of nitrogens with one attached hydrogen (secondary N) is 2. The van der Waals surface area contributed by atoms with Gasteiger partial charge in [-0.1, -0.05) is 0 Å². The van der Waals surface area contributed by atoms with Gasteiger partial charge in [-0.25, -0.2) is 9.97 Å². The van der Waals surface area contributed by atoms with Gasteiger partial charge in [0.1, 0.15) is 18.0 Å². The second-order valence-corrected chi connectivity index (χ2v) is 4.34. The highest BCUT2D eigenvalue weighted by Crippen LogP contribution is 2.22. The minimum absolute atomic E-state index is 0.243. The van der Waals surface area contributed by atoms with Gasteiger partial charge in [-0.3, -0.25) is 0 Å². The molecule has 17 heavy (non-hydrogen) atoms. The molecule has 2 atom stereocenters. The Labute approximate surface area is 102 Å². The van der Waals surface area contributed by atoms with Crippen LogP contribution in [-0.2, 0) is 4.74 Å². The monoisotopic (exact) mass is 236 g/mol. The molecular formula is C12H20N4O. The Morgan fingerprint density at radius 2 is 2.18 bits per heavy atom. The number of ether oxygens (including phenoxy) is 1. The molecule has 1 saturated heterocycles. The van der Waals surface area contributed by atoms with Crippen molar-refractivity contribution >= 4 is 11.6 Å². The molecule has 1 aliphatic rings. The summed E-state index contributed by atoms with van der Waals surface area (Å²) < 4.78 is 5.53. The molecule has 2 heterocycles. The number of anilines is 2. The second kappa shape index (κ2) is 5.31. The molecule has 2 rings (SSSR count). The lowest BCUT2D eigenvalue weighted by Crippen LogP contribution is -2.27. The Morgan fingerprint density at radius 1 is 1.41 bits per heavy atom. The van der Waals surface area contributed by atoms with Gasteiger partial charge in [-0.2, -0.15) is 0 Å². The van der Waals surface area contributed by atoms with E-state index in [2.05, 4.69) is 34.4 Å². The van der Waals surface area contributed by atoms with E-state index in [0.717, 1.165) is 36.8 Å². The van der Waals surface area contributed by atoms with Gasteiger partial charge >= 0.3 is 0 Å². The van der Waals surface area contributed by atoms with Crippen molar-refractivity contribution in [3.05, 3.63) is 11.9 Å². The lowest BCUT2D eigenvalue weighted by molar-refractivity contribution is 0.121. The molecule has 0 radical (unpaired) electrons. The lowest BCUT2D eigenvalue weighted by Gasteiger charge is -2.18. The van der Waals surface area contributed by atoms with Gasteiger partial charge in [0, 0.05) is 18.7 Å². The minimum Gasteiger partial charge on any atom is -0.376 e. The molecule has 0 spiro atoms. The molecule has 5 heteroatoms. The molecule has 1 aliphatic heterocycles. The van der Waals surface area contributed by atoms with Gasteiger partial charge in [0.25, 0.3) is 0 Å². The van der Waals surface area contributed by atoms with Crippen molar-refractivity contribution < 1.29 is 4.74 Å². The molecule has 0 aliphatic carbocycles. The zero-order valence-corrected chi connectivity index (χ0v) is 10.7. The van der Waals surface area contributed by atoms with E-state index in [9.17, 15) is 0 Å². The van der Waals surface area contributed by atoms with Crippen LogP contribution in [0.5, 0.6) is 0 Å². The largest absolute Gasteiger partial charge is 0.376 e. The first-order valence-corrected chi connectivity index (χ1v) is 6.16. The molecule has 2 unspecified atom stereocenters. The third-order valence-corrected chi connectivity index (χ3v) is 3.13. The predicted octanol–water partition coefficient (Wildman–Crippen LogP) is 1.81. The first-order valence-electron chi connectivity index (χ1n) is 6.16. The zero-order chi connectivity index (χ0) is 12.3. The van der Waals surface area contributed by atoms with Gasteiger partial charge in [0.05, 0.1) is 12.1 Å². The number of hydrogen-bond donors (Lipinski definition) is 2. The van der Waals surface area contributed by atoms with Crippen LogP contribution in [0.4, 0.5) is 11.6 Å². The highest BCUT2D eigenvalue weighted by Gasteiger charge is 2.25. The van der Waals surface area contributed by atoms with Crippen LogP contribution in [0.3, 0.4) is 0 Å². The SMILES string of the molecule is CCNc1ncnc(NC2CCOC2C)c1C. The highest BCUT2D eigenvalue weighted by molar-refractivity contribution is 5.56. The van der Waals surface area contributed by atoms with Crippen molar-refractivity contribution in [2.75, 3.05) is 23.8 Å². The Balaban J connectivity index is 2.12. The Morgan fingerprint density at radius 3 is 2.82 bits per heavy atom. The molecule has 1 fully saturated rings. The van der Waals surface area contributed by atoms with E-state index in [-0.39, 0.29) is 6.10 Å². The molecule has 5 nitrogen and oxygen atoms in total. The molecular weight excluding hydrogens is 216 g/mol. The molecule has 2 N–H and O–H groups in total. The van der Waals surface area contributed by atoms with Crippen molar-refractivity contribution in [1.82, 2.24) is 9.97 Å². The van der Waals surface area contributed by atoms with Gasteiger partial charge in [0.15, 0.2) is 0 Å². The maximum atomic E-state index is 5.53. The summed E-state index contributed by atoms with van der Waals surface area (Å²) in [6, 6.07) is 0.345. The first kappa shape index (κ1) is 12.1. The average molecular weight is 236 g/mol. The molecule has 0 aromatic carbocycles. The van der Waals surface area contributed by atoms with Crippen molar-refractivity contribution in [2.24, 2.45) is 0 Å². The molecule has 0 amide bonds. The Hall–Kier alpha value is -1.36. The quantitative estimate of drug-likeness (QED) is 0.835. The molecule has 1 aromatic rings. The van der Waals surface area contributed by atoms with Gasteiger partial charge in [-0.05, 0) is 27.2 Å². The number of aromatic nitrogens is 2. The topological polar surface area (TPSA) is 59.1 Å². The molecule has 94 valence electrons. The van der Waals surface area contributed by atoms with Crippen LogP contribution in [0, 0.1) is 6.92 Å².